The molecule has 0 saturated heterocycles. The van der Waals surface area contributed by atoms with E-state index in [1.165, 1.54) is 0 Å². The van der Waals surface area contributed by atoms with Crippen molar-refractivity contribution in [2.75, 3.05) is 11.9 Å². The van der Waals surface area contributed by atoms with Gasteiger partial charge < -0.3 is 15.7 Å². The Hall–Kier alpha value is -1.55. The van der Waals surface area contributed by atoms with Gasteiger partial charge in [-0.3, -0.25) is 4.79 Å². The third-order valence-electron chi connectivity index (χ3n) is 4.10. The summed E-state index contributed by atoms with van der Waals surface area (Å²) in [6.07, 6.45) is 4.42. The molecule has 0 bridgehead atoms. The fourth-order valence-electron chi connectivity index (χ4n) is 2.79. The first-order valence-electron chi connectivity index (χ1n) is 7.95. The highest BCUT2D eigenvalue weighted by Crippen LogP contribution is 2.20. The van der Waals surface area contributed by atoms with Crippen molar-refractivity contribution in [2.24, 2.45) is 0 Å². The molecule has 1 aliphatic carbocycles. The molecule has 116 valence electrons. The second-order valence-electron chi connectivity index (χ2n) is 5.89. The average molecular weight is 290 g/mol. The summed E-state index contributed by atoms with van der Waals surface area (Å²) >= 11 is 0. The minimum absolute atomic E-state index is 0.0916. The third kappa shape index (κ3) is 4.21. The molecule has 1 amide bonds. The van der Waals surface area contributed by atoms with Crippen molar-refractivity contribution in [1.82, 2.24) is 5.32 Å². The van der Waals surface area contributed by atoms with Crippen LogP contribution in [-0.4, -0.2) is 29.7 Å². The van der Waals surface area contributed by atoms with Crippen LogP contribution in [0.2, 0.25) is 0 Å². The standard InChI is InChI=1S/C17H26N2O2/c1-3-10-18-14-9-8-13(11-12(14)2)17(21)19-15-6-4-5-7-16(15)20/h8-9,11,15-16,18,20H,3-7,10H2,1-2H3,(H,19,21). The molecule has 0 aliphatic heterocycles. The van der Waals surface area contributed by atoms with Crippen LogP contribution in [0.4, 0.5) is 5.69 Å². The quantitative estimate of drug-likeness (QED) is 0.781. The van der Waals surface area contributed by atoms with Crippen molar-refractivity contribution in [3.05, 3.63) is 29.3 Å². The minimum atomic E-state index is -0.408. The number of rotatable bonds is 5. The van der Waals surface area contributed by atoms with E-state index in [1.807, 2.05) is 25.1 Å². The number of hydrogen-bond donors (Lipinski definition) is 3. The van der Waals surface area contributed by atoms with Gasteiger partial charge in [0.25, 0.3) is 5.91 Å². The second-order valence-corrected chi connectivity index (χ2v) is 5.89. The molecule has 0 heterocycles. The van der Waals surface area contributed by atoms with E-state index in [0.717, 1.165) is 49.9 Å². The Morgan fingerprint density at radius 2 is 2.10 bits per heavy atom. The molecule has 0 aromatic heterocycles. The van der Waals surface area contributed by atoms with Crippen molar-refractivity contribution in [3.63, 3.8) is 0 Å². The lowest BCUT2D eigenvalue weighted by Crippen LogP contribution is -2.45. The summed E-state index contributed by atoms with van der Waals surface area (Å²) in [6, 6.07) is 5.60. The summed E-state index contributed by atoms with van der Waals surface area (Å²) in [5.41, 5.74) is 2.80. The predicted molar refractivity (Wildman–Crippen MR) is 85.7 cm³/mol. The van der Waals surface area contributed by atoms with Crippen molar-refractivity contribution in [1.29, 1.82) is 0 Å². The molecule has 4 heteroatoms. The Bertz CT molecular complexity index is 488. The smallest absolute Gasteiger partial charge is 0.251 e. The maximum absolute atomic E-state index is 12.3. The van der Waals surface area contributed by atoms with Crippen LogP contribution in [0.1, 0.15) is 54.9 Å². The van der Waals surface area contributed by atoms with E-state index in [-0.39, 0.29) is 11.9 Å². The molecule has 3 N–H and O–H groups in total. The lowest BCUT2D eigenvalue weighted by molar-refractivity contribution is 0.0717. The van der Waals surface area contributed by atoms with Crippen LogP contribution < -0.4 is 10.6 Å². The van der Waals surface area contributed by atoms with Gasteiger partial charge in [0.15, 0.2) is 0 Å². The first-order chi connectivity index (χ1) is 10.1. The first-order valence-corrected chi connectivity index (χ1v) is 7.95. The molecule has 1 aliphatic rings. The molecule has 2 unspecified atom stereocenters. The van der Waals surface area contributed by atoms with Gasteiger partial charge in [-0.25, -0.2) is 0 Å². The van der Waals surface area contributed by atoms with Crippen molar-refractivity contribution in [2.45, 2.75) is 58.1 Å². The Kier molecular flexibility index (Phi) is 5.62. The van der Waals surface area contributed by atoms with Crippen molar-refractivity contribution >= 4 is 11.6 Å². The number of aliphatic hydroxyl groups excluding tert-OH is 1. The van der Waals surface area contributed by atoms with Gasteiger partial charge in [-0.05, 0) is 49.9 Å². The number of aryl methyl sites for hydroxylation is 1. The molecule has 0 spiro atoms. The van der Waals surface area contributed by atoms with Gasteiger partial charge in [-0.15, -0.1) is 0 Å². The Morgan fingerprint density at radius 3 is 2.76 bits per heavy atom. The average Bonchev–Trinajstić information content (AvgIpc) is 2.48. The fraction of sp³-hybridized carbons (Fsp3) is 0.588. The molecule has 4 nitrogen and oxygen atoms in total. The molecule has 0 radical (unpaired) electrons. The van der Waals surface area contributed by atoms with E-state index < -0.39 is 6.10 Å². The van der Waals surface area contributed by atoms with E-state index in [9.17, 15) is 9.90 Å². The van der Waals surface area contributed by atoms with Crippen LogP contribution in [0.5, 0.6) is 0 Å². The van der Waals surface area contributed by atoms with Gasteiger partial charge in [0, 0.05) is 17.8 Å². The van der Waals surface area contributed by atoms with E-state index in [4.69, 9.17) is 0 Å². The summed E-state index contributed by atoms with van der Waals surface area (Å²) in [5.74, 6) is -0.0916. The zero-order chi connectivity index (χ0) is 15.2. The number of carbonyl (C=O) groups excluding carboxylic acids is 1. The Morgan fingerprint density at radius 1 is 1.33 bits per heavy atom. The zero-order valence-corrected chi connectivity index (χ0v) is 13.0. The molecule has 1 aromatic carbocycles. The van der Waals surface area contributed by atoms with Gasteiger partial charge in [-0.2, -0.15) is 0 Å². The highest BCUT2D eigenvalue weighted by molar-refractivity contribution is 5.95. The minimum Gasteiger partial charge on any atom is -0.391 e. The Balaban J connectivity index is 2.00. The van der Waals surface area contributed by atoms with Gasteiger partial charge >= 0.3 is 0 Å². The maximum Gasteiger partial charge on any atom is 0.251 e. The summed E-state index contributed by atoms with van der Waals surface area (Å²) in [7, 11) is 0. The summed E-state index contributed by atoms with van der Waals surface area (Å²) < 4.78 is 0. The topological polar surface area (TPSA) is 61.4 Å². The van der Waals surface area contributed by atoms with Crippen LogP contribution in [0, 0.1) is 6.92 Å². The van der Waals surface area contributed by atoms with Gasteiger partial charge in [0.2, 0.25) is 0 Å². The molecular formula is C17H26N2O2. The van der Waals surface area contributed by atoms with Crippen LogP contribution in [-0.2, 0) is 0 Å². The summed E-state index contributed by atoms with van der Waals surface area (Å²) in [5, 5.41) is 16.2. The number of amides is 1. The first kappa shape index (κ1) is 15.8. The van der Waals surface area contributed by atoms with E-state index in [1.54, 1.807) is 0 Å². The monoisotopic (exact) mass is 290 g/mol. The van der Waals surface area contributed by atoms with Gasteiger partial charge in [0.1, 0.15) is 0 Å². The van der Waals surface area contributed by atoms with Gasteiger partial charge in [-0.1, -0.05) is 19.8 Å². The SMILES string of the molecule is CCCNc1ccc(C(=O)NC2CCCCC2O)cc1C. The number of aliphatic hydroxyl groups is 1. The molecule has 1 fully saturated rings. The van der Waals surface area contributed by atoms with Crippen LogP contribution in [0.25, 0.3) is 0 Å². The number of nitrogens with one attached hydrogen (secondary N) is 2. The largest absolute Gasteiger partial charge is 0.391 e. The van der Waals surface area contributed by atoms with Crippen molar-refractivity contribution in [3.8, 4) is 0 Å². The molecular weight excluding hydrogens is 264 g/mol. The number of anilines is 1. The van der Waals surface area contributed by atoms with E-state index in [2.05, 4.69) is 17.6 Å². The van der Waals surface area contributed by atoms with Crippen LogP contribution in [0.15, 0.2) is 18.2 Å². The number of carbonyl (C=O) groups is 1. The molecule has 1 aromatic rings. The van der Waals surface area contributed by atoms with Crippen molar-refractivity contribution < 1.29 is 9.90 Å². The molecule has 1 saturated carbocycles. The third-order valence-corrected chi connectivity index (χ3v) is 4.10. The lowest BCUT2D eigenvalue weighted by atomic mass is 9.92. The van der Waals surface area contributed by atoms with E-state index in [0.29, 0.717) is 5.56 Å². The number of benzene rings is 1. The van der Waals surface area contributed by atoms with Crippen LogP contribution in [0.3, 0.4) is 0 Å². The maximum atomic E-state index is 12.3. The zero-order valence-electron chi connectivity index (χ0n) is 13.0. The molecule has 2 rings (SSSR count). The Labute approximate surface area is 126 Å². The van der Waals surface area contributed by atoms with E-state index >= 15 is 0 Å². The number of hydrogen-bond acceptors (Lipinski definition) is 3. The lowest BCUT2D eigenvalue weighted by Gasteiger charge is -2.28. The normalized spacial score (nSPS) is 21.9. The highest BCUT2D eigenvalue weighted by Gasteiger charge is 2.24. The predicted octanol–water partition coefficient (Wildman–Crippen LogP) is 2.85. The van der Waals surface area contributed by atoms with Crippen LogP contribution >= 0.6 is 0 Å². The summed E-state index contributed by atoms with van der Waals surface area (Å²) in [4.78, 5) is 12.3. The fourth-order valence-corrected chi connectivity index (χ4v) is 2.79. The second kappa shape index (κ2) is 7.46. The molecule has 21 heavy (non-hydrogen) atoms. The molecule has 2 atom stereocenters. The van der Waals surface area contributed by atoms with Gasteiger partial charge in [0.05, 0.1) is 12.1 Å². The highest BCUT2D eigenvalue weighted by atomic mass is 16.3. The summed E-state index contributed by atoms with van der Waals surface area (Å²) in [6.45, 7) is 5.06.